The second kappa shape index (κ2) is 13.4. The van der Waals surface area contributed by atoms with Crippen LogP contribution >= 0.6 is 19.4 Å². The van der Waals surface area contributed by atoms with Gasteiger partial charge in [0.05, 0.1) is 44.1 Å². The molecule has 2 aliphatic rings. The molecule has 2 aromatic heterocycles. The summed E-state index contributed by atoms with van der Waals surface area (Å²) in [6.07, 6.45) is 0.194. The molecule has 5 rings (SSSR count). The number of aromatic nitrogens is 4. The van der Waals surface area contributed by atoms with Crippen LogP contribution in [0.4, 0.5) is 15.1 Å². The standard InChI is InChI=1S/C28H33ClFN6O8P/c1-15(2)42-28(38)43-23-11-21(36-14-31-24-25(36)33-27(34-26(24)37)32-13-35(4)5)16(3)19(23)12-41-45(39)40-9-8-22(44-45)18-10-17(29)6-7-20(18)30/h6-7,10,13-15,19,21-23H,3,8-9,11-12H2,1-2,4-5H3,(H,33,34,37)/t19-,21?,22+,23-,45-/m0/s1. The lowest BCUT2D eigenvalue weighted by Crippen LogP contribution is -2.28. The first-order valence-electron chi connectivity index (χ1n) is 14.1. The van der Waals surface area contributed by atoms with Crippen molar-refractivity contribution in [1.29, 1.82) is 0 Å². The average molecular weight is 667 g/mol. The van der Waals surface area contributed by atoms with Crippen molar-refractivity contribution in [2.75, 3.05) is 27.3 Å². The largest absolute Gasteiger partial charge is 0.508 e. The third kappa shape index (κ3) is 7.45. The molecule has 5 atom stereocenters. The van der Waals surface area contributed by atoms with E-state index in [1.165, 1.54) is 30.9 Å². The number of carbonyl (C=O) groups excluding carboxylic acids is 1. The van der Waals surface area contributed by atoms with Gasteiger partial charge < -0.3 is 18.9 Å². The monoisotopic (exact) mass is 666 g/mol. The lowest BCUT2D eigenvalue weighted by molar-refractivity contribution is -0.0149. The van der Waals surface area contributed by atoms with Crippen molar-refractivity contribution in [2.24, 2.45) is 10.9 Å². The van der Waals surface area contributed by atoms with Gasteiger partial charge in [0.25, 0.3) is 5.56 Å². The first-order valence-corrected chi connectivity index (χ1v) is 15.9. The Hall–Kier alpha value is -3.62. The Kier molecular flexibility index (Phi) is 9.75. The molecular formula is C28H33ClFN6O8P. The Morgan fingerprint density at radius 3 is 2.91 bits per heavy atom. The maximum absolute atomic E-state index is 14.5. The summed E-state index contributed by atoms with van der Waals surface area (Å²) in [6, 6.07) is 3.43. The normalized spacial score (nSPS) is 25.4. The van der Waals surface area contributed by atoms with Gasteiger partial charge in [0.15, 0.2) is 11.2 Å². The van der Waals surface area contributed by atoms with Crippen molar-refractivity contribution in [1.82, 2.24) is 24.4 Å². The molecule has 2 fully saturated rings. The number of rotatable bonds is 9. The van der Waals surface area contributed by atoms with E-state index < -0.39 is 55.6 Å². The van der Waals surface area contributed by atoms with Crippen LogP contribution in [0.1, 0.15) is 44.4 Å². The number of phosphoric acid groups is 1. The van der Waals surface area contributed by atoms with Crippen molar-refractivity contribution >= 4 is 49.0 Å². The maximum atomic E-state index is 14.5. The molecule has 0 amide bonds. The van der Waals surface area contributed by atoms with Crippen LogP contribution in [0.3, 0.4) is 0 Å². The van der Waals surface area contributed by atoms with Crippen LogP contribution in [0, 0.1) is 11.7 Å². The number of halogens is 2. The minimum absolute atomic E-state index is 0.0251. The zero-order valence-electron chi connectivity index (χ0n) is 25.0. The Bertz CT molecular complexity index is 1730. The highest BCUT2D eigenvalue weighted by molar-refractivity contribution is 7.48. The summed E-state index contributed by atoms with van der Waals surface area (Å²) in [7, 11) is -0.658. The van der Waals surface area contributed by atoms with Gasteiger partial charge in [-0.1, -0.05) is 18.2 Å². The molecule has 3 aromatic rings. The SMILES string of the molecule is C=C1C(n2cnc3c(=O)[nH]c(N=CN(C)C)nc32)C[C@H](OC(=O)OC(C)C)[C@H]1CO[P@]1(=O)OCC[C@H](c2cc(Cl)ccc2F)O1. The van der Waals surface area contributed by atoms with E-state index in [9.17, 15) is 18.5 Å². The lowest BCUT2D eigenvalue weighted by atomic mass is 10.0. The van der Waals surface area contributed by atoms with Crippen molar-refractivity contribution in [3.8, 4) is 0 Å². The van der Waals surface area contributed by atoms with E-state index >= 15 is 0 Å². The molecular weight excluding hydrogens is 634 g/mol. The quantitative estimate of drug-likeness (QED) is 0.101. The van der Waals surface area contributed by atoms with E-state index in [0.29, 0.717) is 10.6 Å². The molecule has 17 heteroatoms. The molecule has 1 saturated carbocycles. The number of ether oxygens (including phenoxy) is 2. The topological polar surface area (TPSA) is 159 Å². The van der Waals surface area contributed by atoms with Gasteiger partial charge in [0.2, 0.25) is 5.95 Å². The molecule has 0 bridgehead atoms. The highest BCUT2D eigenvalue weighted by Gasteiger charge is 2.45. The van der Waals surface area contributed by atoms with Gasteiger partial charge in [-0.3, -0.25) is 23.3 Å². The molecule has 14 nitrogen and oxygen atoms in total. The fourth-order valence-electron chi connectivity index (χ4n) is 5.10. The Morgan fingerprint density at radius 2 is 2.18 bits per heavy atom. The summed E-state index contributed by atoms with van der Waals surface area (Å²) in [4.78, 5) is 42.4. The van der Waals surface area contributed by atoms with E-state index in [-0.39, 0.29) is 48.7 Å². The Labute approximate surface area is 262 Å². The van der Waals surface area contributed by atoms with E-state index in [1.54, 1.807) is 37.4 Å². The zero-order valence-corrected chi connectivity index (χ0v) is 26.7. The van der Waals surface area contributed by atoms with Crippen LogP contribution < -0.4 is 5.56 Å². The number of benzene rings is 1. The van der Waals surface area contributed by atoms with Crippen LogP contribution in [-0.4, -0.2) is 76.4 Å². The highest BCUT2D eigenvalue weighted by atomic mass is 35.5. The molecule has 242 valence electrons. The van der Waals surface area contributed by atoms with Crippen LogP contribution in [0.2, 0.25) is 5.02 Å². The van der Waals surface area contributed by atoms with Gasteiger partial charge in [-0.2, -0.15) is 4.98 Å². The highest BCUT2D eigenvalue weighted by Crippen LogP contribution is 2.58. The number of aromatic amines is 1. The first-order chi connectivity index (χ1) is 21.3. The minimum atomic E-state index is -4.20. The molecule has 3 heterocycles. The third-order valence-electron chi connectivity index (χ3n) is 7.16. The Balaban J connectivity index is 1.40. The minimum Gasteiger partial charge on any atom is -0.432 e. The smallest absolute Gasteiger partial charge is 0.432 e. The first kappa shape index (κ1) is 32.8. The number of fused-ring (bicyclic) bond motifs is 1. The summed E-state index contributed by atoms with van der Waals surface area (Å²) in [5, 5.41) is 0.291. The van der Waals surface area contributed by atoms with E-state index in [0.717, 1.165) is 0 Å². The van der Waals surface area contributed by atoms with Crippen molar-refractivity contribution in [3.05, 3.63) is 63.4 Å². The van der Waals surface area contributed by atoms with Crippen LogP contribution in [0.5, 0.6) is 0 Å². The molecule has 0 spiro atoms. The van der Waals surface area contributed by atoms with E-state index in [2.05, 4.69) is 26.5 Å². The van der Waals surface area contributed by atoms with Crippen molar-refractivity contribution in [2.45, 2.75) is 51.0 Å². The predicted octanol–water partition coefficient (Wildman–Crippen LogP) is 5.48. The van der Waals surface area contributed by atoms with Gasteiger partial charge >= 0.3 is 14.0 Å². The fourth-order valence-corrected chi connectivity index (χ4v) is 6.68. The predicted molar refractivity (Wildman–Crippen MR) is 162 cm³/mol. The number of carbonyl (C=O) groups is 1. The van der Waals surface area contributed by atoms with Crippen LogP contribution in [0.15, 0.2) is 46.5 Å². The number of nitrogens with one attached hydrogen (secondary N) is 1. The molecule has 0 radical (unpaired) electrons. The number of aliphatic imine (C=N–C) groups is 1. The zero-order chi connectivity index (χ0) is 32.5. The number of imidazole rings is 1. The van der Waals surface area contributed by atoms with Gasteiger partial charge in [0.1, 0.15) is 11.9 Å². The summed E-state index contributed by atoms with van der Waals surface area (Å²) < 4.78 is 57.4. The summed E-state index contributed by atoms with van der Waals surface area (Å²) in [6.45, 7) is 7.26. The number of hydrogen-bond donors (Lipinski definition) is 1. The maximum Gasteiger partial charge on any atom is 0.508 e. The molecule has 1 aromatic carbocycles. The van der Waals surface area contributed by atoms with Crippen molar-refractivity contribution < 1.29 is 36.8 Å². The van der Waals surface area contributed by atoms with Gasteiger partial charge in [0, 0.05) is 43.4 Å². The Morgan fingerprint density at radius 1 is 1.40 bits per heavy atom. The lowest BCUT2D eigenvalue weighted by Gasteiger charge is -2.30. The number of H-pyrrole nitrogens is 1. The third-order valence-corrected chi connectivity index (χ3v) is 8.87. The second-order valence-electron chi connectivity index (χ2n) is 11.1. The molecule has 1 unspecified atom stereocenters. The fraction of sp³-hybridized carbons (Fsp3) is 0.464. The molecule has 1 N–H and O–H groups in total. The number of nitrogens with zero attached hydrogens (tertiary/aromatic N) is 5. The van der Waals surface area contributed by atoms with Crippen molar-refractivity contribution in [3.63, 3.8) is 0 Å². The number of phosphoric ester groups is 1. The number of hydrogen-bond acceptors (Lipinski definition) is 11. The van der Waals surface area contributed by atoms with Gasteiger partial charge in [-0.15, -0.1) is 0 Å². The molecule has 45 heavy (non-hydrogen) atoms. The second-order valence-corrected chi connectivity index (χ2v) is 13.1. The van der Waals surface area contributed by atoms with Gasteiger partial charge in [-0.05, 0) is 37.6 Å². The summed E-state index contributed by atoms with van der Waals surface area (Å²) in [5.74, 6) is -1.23. The van der Waals surface area contributed by atoms with E-state index in [1.807, 2.05) is 0 Å². The van der Waals surface area contributed by atoms with Crippen LogP contribution in [-0.2, 0) is 27.6 Å². The van der Waals surface area contributed by atoms with Gasteiger partial charge in [-0.25, -0.2) is 23.7 Å². The average Bonchev–Trinajstić information content (AvgIpc) is 3.52. The molecule has 1 aliphatic heterocycles. The summed E-state index contributed by atoms with van der Waals surface area (Å²) >= 11 is 6.04. The molecule has 1 saturated heterocycles. The molecule has 1 aliphatic carbocycles. The van der Waals surface area contributed by atoms with Crippen LogP contribution in [0.25, 0.3) is 11.2 Å². The van der Waals surface area contributed by atoms with E-state index in [4.69, 9.17) is 34.6 Å². The summed E-state index contributed by atoms with van der Waals surface area (Å²) in [5.41, 5.74) is 0.464.